The van der Waals surface area contributed by atoms with Crippen LogP contribution in [0.1, 0.15) is 54.6 Å². The fourth-order valence-corrected chi connectivity index (χ4v) is 7.93. The number of nitrogens with two attached hydrogens (primary N) is 1. The maximum Gasteiger partial charge on any atom is 0.416 e. The second kappa shape index (κ2) is 12.2. The standard InChI is InChI=1S/C33H31F4N5O3S/c1-41-19-24(5-11-30(41)43)40-28-14-21-2-6-26(42(25-7-8-25)46(45)27-9-3-23(34)4-10-27)17-32(21,16-20(28)18-38)31(44)29-15-22(12-13-39-29)33(35,36)37/h3-5,9-15,18-19,25-26H,2,6-8,16-17,38H2,1H3/b20-18-,40-28?. The zero-order valence-corrected chi connectivity index (χ0v) is 25.7. The first-order valence-electron chi connectivity index (χ1n) is 14.8. The number of carbonyl (C=O) groups is 1. The Morgan fingerprint density at radius 3 is 2.52 bits per heavy atom. The maximum atomic E-state index is 14.5. The summed E-state index contributed by atoms with van der Waals surface area (Å²) in [5.41, 5.74) is 5.36. The first kappa shape index (κ1) is 31.7. The van der Waals surface area contributed by atoms with Gasteiger partial charge in [-0.3, -0.25) is 14.6 Å². The molecule has 3 aliphatic carbocycles. The highest BCUT2D eigenvalue weighted by Crippen LogP contribution is 2.53. The smallest absolute Gasteiger partial charge is 0.404 e. The third kappa shape index (κ3) is 6.13. The summed E-state index contributed by atoms with van der Waals surface area (Å²) in [7, 11) is -0.0691. The van der Waals surface area contributed by atoms with Crippen molar-refractivity contribution in [3.05, 3.63) is 112 Å². The third-order valence-corrected chi connectivity index (χ3v) is 10.5. The maximum absolute atomic E-state index is 14.5. The summed E-state index contributed by atoms with van der Waals surface area (Å²) < 4.78 is 71.9. The number of ketones is 1. The Morgan fingerprint density at radius 2 is 1.87 bits per heavy atom. The van der Waals surface area contributed by atoms with E-state index < -0.39 is 39.7 Å². The lowest BCUT2D eigenvalue weighted by atomic mass is 9.59. The first-order chi connectivity index (χ1) is 21.9. The summed E-state index contributed by atoms with van der Waals surface area (Å²) in [4.78, 5) is 35.6. The Bertz CT molecular complexity index is 1860. The molecule has 0 bridgehead atoms. The minimum absolute atomic E-state index is 0.0183. The largest absolute Gasteiger partial charge is 0.416 e. The minimum Gasteiger partial charge on any atom is -0.404 e. The normalized spacial score (nSPS) is 24.1. The van der Waals surface area contributed by atoms with Crippen LogP contribution in [-0.2, 0) is 24.2 Å². The van der Waals surface area contributed by atoms with E-state index in [1.807, 2.05) is 4.31 Å². The fraction of sp³-hybridized carbons (Fsp3) is 0.333. The van der Waals surface area contributed by atoms with Gasteiger partial charge in [0.1, 0.15) is 22.5 Å². The number of aromatic nitrogens is 2. The zero-order valence-electron chi connectivity index (χ0n) is 24.8. The molecule has 3 atom stereocenters. The number of allylic oxidation sites excluding steroid dienone is 3. The van der Waals surface area contributed by atoms with Crippen molar-refractivity contribution in [1.29, 1.82) is 0 Å². The number of hydrogen-bond donors (Lipinski definition) is 1. The van der Waals surface area contributed by atoms with Gasteiger partial charge in [0.15, 0.2) is 5.78 Å². The van der Waals surface area contributed by atoms with Gasteiger partial charge in [0.2, 0.25) is 5.56 Å². The van der Waals surface area contributed by atoms with Crippen LogP contribution < -0.4 is 11.3 Å². The molecule has 3 aromatic rings. The lowest BCUT2D eigenvalue weighted by molar-refractivity contribution is -0.137. The van der Waals surface area contributed by atoms with E-state index >= 15 is 0 Å². The predicted octanol–water partition coefficient (Wildman–Crippen LogP) is 5.79. The van der Waals surface area contributed by atoms with E-state index in [4.69, 9.17) is 10.7 Å². The van der Waals surface area contributed by atoms with Crippen molar-refractivity contribution in [3.8, 4) is 0 Å². The molecule has 0 spiro atoms. The van der Waals surface area contributed by atoms with Crippen LogP contribution in [0.2, 0.25) is 0 Å². The molecule has 240 valence electrons. The number of halogens is 4. The van der Waals surface area contributed by atoms with Crippen LogP contribution in [0.15, 0.2) is 99.0 Å². The molecule has 1 aromatic carbocycles. The predicted molar refractivity (Wildman–Crippen MR) is 165 cm³/mol. The average molecular weight is 654 g/mol. The van der Waals surface area contributed by atoms with Crippen LogP contribution in [-0.4, -0.2) is 41.6 Å². The highest BCUT2D eigenvalue weighted by Gasteiger charge is 2.53. The summed E-state index contributed by atoms with van der Waals surface area (Å²) >= 11 is 0. The second-order valence-corrected chi connectivity index (χ2v) is 13.3. The van der Waals surface area contributed by atoms with Gasteiger partial charge in [-0.25, -0.2) is 17.9 Å². The van der Waals surface area contributed by atoms with Gasteiger partial charge in [-0.05, 0) is 98.8 Å². The first-order valence-corrected chi connectivity index (χ1v) is 15.9. The molecule has 6 rings (SSSR count). The Balaban J connectivity index is 1.45. The summed E-state index contributed by atoms with van der Waals surface area (Å²) in [5, 5.41) is 0. The third-order valence-electron chi connectivity index (χ3n) is 8.83. The van der Waals surface area contributed by atoms with Crippen molar-refractivity contribution in [2.75, 3.05) is 0 Å². The lowest BCUT2D eigenvalue weighted by Crippen LogP contribution is -2.50. The second-order valence-electron chi connectivity index (χ2n) is 11.9. The number of hydrogen-bond acceptors (Lipinski definition) is 6. The molecule has 0 radical (unpaired) electrons. The SMILES string of the molecule is Cn1cc(N=C2C=C3CCC(N(C4CC4)S(=O)c4ccc(F)cc4)CC3(C(=O)c3cc(C(F)(F)F)ccn3)C/C2=C/N)ccc1=O. The van der Waals surface area contributed by atoms with E-state index in [0.717, 1.165) is 31.2 Å². The lowest BCUT2D eigenvalue weighted by Gasteiger charge is -2.47. The van der Waals surface area contributed by atoms with E-state index in [1.165, 1.54) is 41.1 Å². The molecule has 2 heterocycles. The van der Waals surface area contributed by atoms with E-state index in [0.29, 0.717) is 40.3 Å². The molecule has 3 aliphatic rings. The van der Waals surface area contributed by atoms with Crippen molar-refractivity contribution in [1.82, 2.24) is 13.9 Å². The molecule has 2 saturated carbocycles. The number of Topliss-reactive ketones (excluding diaryl/α,β-unsaturated/α-hetero) is 1. The van der Waals surface area contributed by atoms with Crippen LogP contribution in [0.3, 0.4) is 0 Å². The van der Waals surface area contributed by atoms with Crippen molar-refractivity contribution in [3.63, 3.8) is 0 Å². The number of aryl methyl sites for hydroxylation is 1. The van der Waals surface area contributed by atoms with Crippen molar-refractivity contribution < 1.29 is 26.6 Å². The number of carbonyl (C=O) groups excluding carboxylic acids is 1. The number of benzene rings is 1. The number of alkyl halides is 3. The molecule has 0 saturated heterocycles. The van der Waals surface area contributed by atoms with E-state index in [9.17, 15) is 31.4 Å². The highest BCUT2D eigenvalue weighted by atomic mass is 32.2. The van der Waals surface area contributed by atoms with Crippen molar-refractivity contribution in [2.24, 2.45) is 23.2 Å². The van der Waals surface area contributed by atoms with Gasteiger partial charge in [-0.1, -0.05) is 5.57 Å². The molecule has 0 amide bonds. The Labute approximate surface area is 264 Å². The Morgan fingerprint density at radius 1 is 1.13 bits per heavy atom. The topological polar surface area (TPSA) is 111 Å². The van der Waals surface area contributed by atoms with Gasteiger partial charge in [0.05, 0.1) is 27.3 Å². The fourth-order valence-electron chi connectivity index (χ4n) is 6.38. The number of nitrogens with zero attached hydrogens (tertiary/aromatic N) is 4. The molecular weight excluding hydrogens is 622 g/mol. The molecule has 2 aromatic heterocycles. The summed E-state index contributed by atoms with van der Waals surface area (Å²) in [6, 6.07) is 9.57. The number of aliphatic imine (C=N–C) groups is 1. The number of pyridine rings is 2. The van der Waals surface area contributed by atoms with Gasteiger partial charge < -0.3 is 10.3 Å². The van der Waals surface area contributed by atoms with Crippen LogP contribution in [0.4, 0.5) is 23.2 Å². The molecule has 3 unspecified atom stereocenters. The quantitative estimate of drug-likeness (QED) is 0.256. The average Bonchev–Trinajstić information content (AvgIpc) is 3.87. The van der Waals surface area contributed by atoms with E-state index in [1.54, 1.807) is 25.4 Å². The summed E-state index contributed by atoms with van der Waals surface area (Å²) in [5.74, 6) is -1.04. The molecule has 46 heavy (non-hydrogen) atoms. The van der Waals surface area contributed by atoms with Crippen LogP contribution in [0.25, 0.3) is 0 Å². The molecule has 8 nitrogen and oxygen atoms in total. The molecule has 2 N–H and O–H groups in total. The molecular formula is C33H31F4N5O3S. The minimum atomic E-state index is -4.68. The summed E-state index contributed by atoms with van der Waals surface area (Å²) in [6.45, 7) is 0. The molecule has 13 heteroatoms. The van der Waals surface area contributed by atoms with Crippen molar-refractivity contribution in [2.45, 2.75) is 61.7 Å². The van der Waals surface area contributed by atoms with Crippen molar-refractivity contribution >= 4 is 28.2 Å². The van der Waals surface area contributed by atoms with E-state index in [-0.39, 0.29) is 36.2 Å². The number of fused-ring (bicyclic) bond motifs is 1. The summed E-state index contributed by atoms with van der Waals surface area (Å²) in [6.07, 6.45) is 3.65. The molecule has 0 aliphatic heterocycles. The van der Waals surface area contributed by atoms with E-state index in [2.05, 4.69) is 4.98 Å². The van der Waals surface area contributed by atoms with Crippen LogP contribution >= 0.6 is 0 Å². The van der Waals surface area contributed by atoms with Gasteiger partial charge in [-0.2, -0.15) is 13.2 Å². The Hall–Kier alpha value is -4.23. The molecule has 2 fully saturated rings. The zero-order chi connectivity index (χ0) is 32.8. The van der Waals surface area contributed by atoms with Gasteiger partial charge >= 0.3 is 6.18 Å². The van der Waals surface area contributed by atoms with Crippen LogP contribution in [0, 0.1) is 11.2 Å². The highest BCUT2D eigenvalue weighted by molar-refractivity contribution is 7.82. The monoisotopic (exact) mass is 653 g/mol. The van der Waals surface area contributed by atoms with Gasteiger partial charge in [0, 0.05) is 37.6 Å². The van der Waals surface area contributed by atoms with Crippen LogP contribution in [0.5, 0.6) is 0 Å². The Kier molecular flexibility index (Phi) is 8.40. The van der Waals surface area contributed by atoms with Gasteiger partial charge in [-0.15, -0.1) is 0 Å². The van der Waals surface area contributed by atoms with Gasteiger partial charge in [0.25, 0.3) is 0 Å². The number of rotatable bonds is 7.